The van der Waals surface area contributed by atoms with E-state index in [9.17, 15) is 4.79 Å². The summed E-state index contributed by atoms with van der Waals surface area (Å²) in [5, 5.41) is 4.50. The van der Waals surface area contributed by atoms with Gasteiger partial charge in [0.2, 0.25) is 5.78 Å². The number of rotatable bonds is 4. The van der Waals surface area contributed by atoms with Gasteiger partial charge in [-0.2, -0.15) is 0 Å². The quantitative estimate of drug-likeness (QED) is 0.474. The maximum absolute atomic E-state index is 13.4. The monoisotopic (exact) mass is 432 g/mol. The van der Waals surface area contributed by atoms with Gasteiger partial charge in [0.1, 0.15) is 17.3 Å². The highest BCUT2D eigenvalue weighted by atomic mass is 16.1. The van der Waals surface area contributed by atoms with E-state index in [1.807, 2.05) is 37.4 Å². The van der Waals surface area contributed by atoms with Gasteiger partial charge >= 0.3 is 0 Å². The molecule has 5 rings (SSSR count). The number of nitrogens with one attached hydrogen (secondary N) is 1. The molecule has 32 heavy (non-hydrogen) atoms. The number of benzene rings is 1. The van der Waals surface area contributed by atoms with E-state index >= 15 is 0 Å². The van der Waals surface area contributed by atoms with Crippen molar-refractivity contribution in [1.29, 1.82) is 0 Å². The number of carbonyl (C=O) groups excluding carboxylic acids is 1. The fraction of sp³-hybridized carbons (Fsp3) is 0.240. The molecule has 0 spiro atoms. The van der Waals surface area contributed by atoms with Crippen molar-refractivity contribution in [1.82, 2.24) is 19.9 Å². The van der Waals surface area contributed by atoms with Crippen LogP contribution in [0.4, 0.5) is 11.6 Å². The van der Waals surface area contributed by atoms with Crippen molar-refractivity contribution < 1.29 is 9.07 Å². The van der Waals surface area contributed by atoms with E-state index in [0.717, 1.165) is 60.4 Å². The van der Waals surface area contributed by atoms with Crippen molar-refractivity contribution >= 4 is 28.3 Å². The summed E-state index contributed by atoms with van der Waals surface area (Å²) in [4.78, 5) is 24.6. The lowest BCUT2D eigenvalue weighted by Crippen LogP contribution is -2.29. The minimum absolute atomic E-state index is 0. The highest BCUT2D eigenvalue weighted by Crippen LogP contribution is 2.31. The van der Waals surface area contributed by atoms with Crippen LogP contribution >= 0.6 is 0 Å². The number of fused-ring (bicyclic) bond motifs is 1. The van der Waals surface area contributed by atoms with Gasteiger partial charge in [0.05, 0.1) is 5.56 Å². The average Bonchev–Trinajstić information content (AvgIpc) is 2.99. The van der Waals surface area contributed by atoms with Gasteiger partial charge in [-0.1, -0.05) is 24.3 Å². The Morgan fingerprint density at radius 1 is 1.12 bits per heavy atom. The number of hydrogen-bond donors (Lipinski definition) is 2. The van der Waals surface area contributed by atoms with Crippen molar-refractivity contribution in [3.8, 4) is 11.1 Å². The first kappa shape index (κ1) is 20.2. The second kappa shape index (κ2) is 8.43. The topological polar surface area (TPSA) is 89.1 Å². The van der Waals surface area contributed by atoms with Crippen LogP contribution in [0, 0.1) is 0 Å². The van der Waals surface area contributed by atoms with Crippen LogP contribution in [0.5, 0.6) is 0 Å². The van der Waals surface area contributed by atoms with Crippen molar-refractivity contribution in [3.63, 3.8) is 0 Å². The summed E-state index contributed by atoms with van der Waals surface area (Å²) in [6.07, 6.45) is 4.82. The second-order valence-electron chi connectivity index (χ2n) is 8.13. The van der Waals surface area contributed by atoms with Gasteiger partial charge in [-0.15, -0.1) is 0 Å². The van der Waals surface area contributed by atoms with Gasteiger partial charge in [-0.05, 0) is 37.2 Å². The Balaban J connectivity index is 0.00000144. The minimum Gasteiger partial charge on any atom is -0.383 e. The molecule has 1 saturated heterocycles. The lowest BCUT2D eigenvalue weighted by Gasteiger charge is -2.21. The maximum Gasteiger partial charge on any atom is 0.215 e. The fourth-order valence-corrected chi connectivity index (χ4v) is 4.31. The first-order valence-electron chi connectivity index (χ1n) is 10.9. The number of carbonyl (C=O) groups is 1. The van der Waals surface area contributed by atoms with E-state index in [4.69, 9.17) is 5.73 Å². The first-order chi connectivity index (χ1) is 15.6. The van der Waals surface area contributed by atoms with Crippen LogP contribution in [0.25, 0.3) is 22.0 Å². The third-order valence-corrected chi connectivity index (χ3v) is 6.00. The Kier molecular flexibility index (Phi) is 5.33. The number of nitrogens with zero attached hydrogens (tertiary/aromatic N) is 4. The lowest BCUT2D eigenvalue weighted by atomic mass is 10.0. The van der Waals surface area contributed by atoms with Gasteiger partial charge in [0.25, 0.3) is 0 Å². The summed E-state index contributed by atoms with van der Waals surface area (Å²) in [6.45, 7) is 3.69. The Hall–Kier alpha value is -3.71. The van der Waals surface area contributed by atoms with E-state index in [2.05, 4.69) is 43.1 Å². The summed E-state index contributed by atoms with van der Waals surface area (Å²) >= 11 is 0. The molecule has 0 amide bonds. The van der Waals surface area contributed by atoms with E-state index < -0.39 is 0 Å². The summed E-state index contributed by atoms with van der Waals surface area (Å²) in [5.41, 5.74) is 9.88. The molecule has 1 aliphatic heterocycles. The zero-order valence-corrected chi connectivity index (χ0v) is 18.1. The van der Waals surface area contributed by atoms with Gasteiger partial charge in [-0.25, -0.2) is 9.97 Å². The molecule has 1 aromatic carbocycles. The van der Waals surface area contributed by atoms with Gasteiger partial charge in [0, 0.05) is 65.4 Å². The lowest BCUT2D eigenvalue weighted by molar-refractivity contribution is 0.103. The number of hydrogen-bond acceptors (Lipinski definition) is 6. The standard InChI is InChI=1S/C25H26N6O.3H2/c1-30-16-20(18-6-2-3-8-22(18)30)17-14-19(25(26)28-15-17)24(32)21-7-4-9-23(29-21)31-12-5-10-27-11-13-31;;;/h2-4,6-9,14-16,27H,5,10-13H2,1H3,(H2,26,28);3*1H. The Bertz CT molecular complexity index is 1300. The summed E-state index contributed by atoms with van der Waals surface area (Å²) in [5.74, 6) is 0.813. The molecular weight excluding hydrogens is 400 g/mol. The number of anilines is 2. The molecule has 168 valence electrons. The number of aryl methyl sites for hydroxylation is 1. The van der Waals surface area contributed by atoms with Crippen LogP contribution in [0.15, 0.2) is 60.9 Å². The molecule has 0 atom stereocenters. The molecule has 0 unspecified atom stereocenters. The van der Waals surface area contributed by atoms with Crippen molar-refractivity contribution in [2.75, 3.05) is 36.8 Å². The smallest absolute Gasteiger partial charge is 0.215 e. The van der Waals surface area contributed by atoms with E-state index in [-0.39, 0.29) is 15.9 Å². The third-order valence-electron chi connectivity index (χ3n) is 6.00. The number of ketones is 1. The zero-order valence-electron chi connectivity index (χ0n) is 18.1. The second-order valence-corrected chi connectivity index (χ2v) is 8.13. The first-order valence-corrected chi connectivity index (χ1v) is 10.9. The van der Waals surface area contributed by atoms with Gasteiger partial charge in [0.15, 0.2) is 0 Å². The molecule has 7 heteroatoms. The third kappa shape index (κ3) is 3.71. The van der Waals surface area contributed by atoms with E-state index in [0.29, 0.717) is 11.3 Å². The predicted octanol–water partition coefficient (Wildman–Crippen LogP) is 3.99. The van der Waals surface area contributed by atoms with Gasteiger partial charge < -0.3 is 20.5 Å². The van der Waals surface area contributed by atoms with Crippen LogP contribution in [0.3, 0.4) is 0 Å². The molecule has 0 saturated carbocycles. The van der Waals surface area contributed by atoms with E-state index in [1.165, 1.54) is 0 Å². The fourth-order valence-electron chi connectivity index (χ4n) is 4.31. The van der Waals surface area contributed by atoms with Crippen molar-refractivity contribution in [2.24, 2.45) is 7.05 Å². The molecule has 4 heterocycles. The Morgan fingerprint density at radius 3 is 2.91 bits per heavy atom. The number of nitrogen functional groups attached to an aromatic ring is 1. The maximum atomic E-state index is 13.4. The molecule has 3 N–H and O–H groups in total. The molecule has 0 radical (unpaired) electrons. The number of para-hydroxylation sites is 1. The molecular formula is C25H32N6O. The van der Waals surface area contributed by atoms with Gasteiger partial charge in [-0.3, -0.25) is 4.79 Å². The molecule has 0 bridgehead atoms. The molecule has 1 fully saturated rings. The van der Waals surface area contributed by atoms with Crippen LogP contribution in [0.1, 0.15) is 26.8 Å². The molecule has 4 aromatic rings. The Morgan fingerprint density at radius 2 is 2.00 bits per heavy atom. The highest BCUT2D eigenvalue weighted by Gasteiger charge is 2.19. The number of pyridine rings is 2. The summed E-state index contributed by atoms with van der Waals surface area (Å²) < 4.78 is 2.07. The SMILES string of the molecule is Cn1cc(-c2cnc(N)c(C(=O)c3cccc(N4CCCNCC4)n3)c2)c2ccccc21.[HH].[HH].[HH]. The van der Waals surface area contributed by atoms with Crippen LogP contribution in [-0.2, 0) is 7.05 Å². The molecule has 7 nitrogen and oxygen atoms in total. The molecule has 0 aliphatic carbocycles. The zero-order chi connectivity index (χ0) is 22.1. The van der Waals surface area contributed by atoms with Crippen molar-refractivity contribution in [3.05, 3.63) is 72.2 Å². The van der Waals surface area contributed by atoms with E-state index in [1.54, 1.807) is 12.3 Å². The minimum atomic E-state index is -0.216. The predicted molar refractivity (Wildman–Crippen MR) is 134 cm³/mol. The molecule has 3 aromatic heterocycles. The van der Waals surface area contributed by atoms with Crippen LogP contribution < -0.4 is 16.0 Å². The summed E-state index contributed by atoms with van der Waals surface area (Å²) in [6, 6.07) is 15.6. The van der Waals surface area contributed by atoms with Crippen LogP contribution in [0.2, 0.25) is 0 Å². The number of aromatic nitrogens is 3. The van der Waals surface area contributed by atoms with Crippen LogP contribution in [-0.4, -0.2) is 46.5 Å². The normalized spacial score (nSPS) is 14.5. The highest BCUT2D eigenvalue weighted by molar-refractivity contribution is 6.11. The molecule has 1 aliphatic rings. The largest absolute Gasteiger partial charge is 0.383 e. The van der Waals surface area contributed by atoms with Crippen molar-refractivity contribution in [2.45, 2.75) is 6.42 Å². The Labute approximate surface area is 191 Å². The summed E-state index contributed by atoms with van der Waals surface area (Å²) in [7, 11) is 2.01. The average molecular weight is 433 g/mol. The number of nitrogens with two attached hydrogens (primary N) is 1.